The Morgan fingerprint density at radius 2 is 1.50 bits per heavy atom. The molecule has 0 bridgehead atoms. The number of benzene rings is 1. The molecule has 1 aromatic rings. The van der Waals surface area contributed by atoms with E-state index in [0.29, 0.717) is 18.9 Å². The molecule has 0 unspecified atom stereocenters. The van der Waals surface area contributed by atoms with Gasteiger partial charge in [-0.2, -0.15) is 0 Å². The molecule has 0 radical (unpaired) electrons. The topological polar surface area (TPSA) is 76.7 Å². The maximum atomic E-state index is 12.5. The Morgan fingerprint density at radius 1 is 0.964 bits per heavy atom. The Kier molecular flexibility index (Phi) is 10.2. The number of para-hydroxylation sites is 1. The highest BCUT2D eigenvalue weighted by atomic mass is 16.5. The Hall–Kier alpha value is -2.44. The van der Waals surface area contributed by atoms with Crippen LogP contribution >= 0.6 is 0 Å². The van der Waals surface area contributed by atoms with Crippen LogP contribution in [0.5, 0.6) is 0 Å². The van der Waals surface area contributed by atoms with Crippen molar-refractivity contribution in [3.63, 3.8) is 0 Å². The smallest absolute Gasteiger partial charge is 0.253 e. The number of hydrogen-bond donors (Lipinski definition) is 2. The molecule has 0 aliphatic rings. The minimum absolute atomic E-state index is 0.100. The Bertz CT molecular complexity index is 672. The first-order valence-electron chi connectivity index (χ1n) is 9.46. The van der Waals surface area contributed by atoms with Gasteiger partial charge in [0.25, 0.3) is 5.91 Å². The molecule has 0 heterocycles. The number of hydrogen-bond acceptors (Lipinski definition) is 4. The first-order chi connectivity index (χ1) is 13.3. The van der Waals surface area contributed by atoms with Gasteiger partial charge in [-0.05, 0) is 31.4 Å². The second kappa shape index (κ2) is 12.1. The molecule has 154 valence electrons. The molecule has 1 rings (SSSR count). The molecule has 0 fully saturated rings. The standard InChI is InChI=1S/C22H32N2O4/c1-7-13-27-16(5)21(25)23-19-12-10-9-11-18(19)20(15(3)4)24-22(26)17(6)28-14-8-2/h7-12,15-17,20H,1-2,13-14H2,3-6H3,(H,23,25)(H,24,26)/t16-,17+,20+/m1/s1. The predicted molar refractivity (Wildman–Crippen MR) is 112 cm³/mol. The highest BCUT2D eigenvalue weighted by molar-refractivity contribution is 5.94. The molecule has 0 aromatic heterocycles. The van der Waals surface area contributed by atoms with Gasteiger partial charge in [0.15, 0.2) is 0 Å². The summed E-state index contributed by atoms with van der Waals surface area (Å²) in [6.45, 7) is 15.2. The van der Waals surface area contributed by atoms with Crippen molar-refractivity contribution < 1.29 is 19.1 Å². The largest absolute Gasteiger partial charge is 0.365 e. The van der Waals surface area contributed by atoms with Gasteiger partial charge in [0, 0.05) is 5.69 Å². The summed E-state index contributed by atoms with van der Waals surface area (Å²) < 4.78 is 10.8. The Balaban J connectivity index is 2.98. The third-order valence-electron chi connectivity index (χ3n) is 4.18. The summed E-state index contributed by atoms with van der Waals surface area (Å²) in [5, 5.41) is 5.92. The van der Waals surface area contributed by atoms with E-state index in [1.165, 1.54) is 0 Å². The van der Waals surface area contributed by atoms with Crippen molar-refractivity contribution in [2.24, 2.45) is 5.92 Å². The van der Waals surface area contributed by atoms with Crippen molar-refractivity contribution in [2.45, 2.75) is 45.9 Å². The molecule has 0 aliphatic heterocycles. The summed E-state index contributed by atoms with van der Waals surface area (Å²) >= 11 is 0. The van der Waals surface area contributed by atoms with Crippen LogP contribution in [0.2, 0.25) is 0 Å². The van der Waals surface area contributed by atoms with E-state index >= 15 is 0 Å². The van der Waals surface area contributed by atoms with Crippen molar-refractivity contribution in [1.29, 1.82) is 0 Å². The molecule has 3 atom stereocenters. The second-order valence-electron chi connectivity index (χ2n) is 6.84. The molecule has 2 amide bonds. The van der Waals surface area contributed by atoms with Crippen LogP contribution in [0.1, 0.15) is 39.3 Å². The summed E-state index contributed by atoms with van der Waals surface area (Å²) in [4.78, 5) is 24.9. The van der Waals surface area contributed by atoms with E-state index in [0.717, 1.165) is 5.56 Å². The lowest BCUT2D eigenvalue weighted by Crippen LogP contribution is -2.39. The van der Waals surface area contributed by atoms with Crippen LogP contribution in [0.4, 0.5) is 5.69 Å². The van der Waals surface area contributed by atoms with Gasteiger partial charge in [0.2, 0.25) is 5.91 Å². The van der Waals surface area contributed by atoms with Crippen LogP contribution in [0.15, 0.2) is 49.6 Å². The monoisotopic (exact) mass is 388 g/mol. The minimum Gasteiger partial charge on any atom is -0.365 e. The average molecular weight is 389 g/mol. The van der Waals surface area contributed by atoms with Gasteiger partial charge in [0.1, 0.15) is 12.2 Å². The molecule has 0 spiro atoms. The number of carbonyl (C=O) groups is 2. The van der Waals surface area contributed by atoms with E-state index in [1.807, 2.05) is 38.1 Å². The molecule has 0 saturated carbocycles. The Morgan fingerprint density at radius 3 is 2.04 bits per heavy atom. The van der Waals surface area contributed by atoms with Gasteiger partial charge in [-0.3, -0.25) is 9.59 Å². The molecule has 28 heavy (non-hydrogen) atoms. The maximum Gasteiger partial charge on any atom is 0.253 e. The van der Waals surface area contributed by atoms with Gasteiger partial charge in [0.05, 0.1) is 19.3 Å². The molecule has 0 saturated heterocycles. The number of rotatable bonds is 12. The maximum absolute atomic E-state index is 12.5. The zero-order valence-corrected chi connectivity index (χ0v) is 17.2. The van der Waals surface area contributed by atoms with Gasteiger partial charge in [-0.15, -0.1) is 13.2 Å². The molecule has 1 aromatic carbocycles. The number of carbonyl (C=O) groups excluding carboxylic acids is 2. The Labute approximate surface area is 168 Å². The fourth-order valence-corrected chi connectivity index (χ4v) is 2.57. The van der Waals surface area contributed by atoms with Gasteiger partial charge in [-0.1, -0.05) is 44.2 Å². The summed E-state index contributed by atoms with van der Waals surface area (Å²) in [5.41, 5.74) is 1.46. The van der Waals surface area contributed by atoms with Crippen molar-refractivity contribution in [1.82, 2.24) is 5.32 Å². The lowest BCUT2D eigenvalue weighted by atomic mass is 9.94. The first kappa shape index (κ1) is 23.6. The highest BCUT2D eigenvalue weighted by Gasteiger charge is 2.25. The van der Waals surface area contributed by atoms with E-state index in [9.17, 15) is 9.59 Å². The lowest BCUT2D eigenvalue weighted by molar-refractivity contribution is -0.132. The molecule has 6 nitrogen and oxygen atoms in total. The minimum atomic E-state index is -0.620. The van der Waals surface area contributed by atoms with Crippen molar-refractivity contribution in [3.05, 3.63) is 55.1 Å². The third kappa shape index (κ3) is 7.29. The summed E-state index contributed by atoms with van der Waals surface area (Å²) in [6, 6.07) is 7.13. The average Bonchev–Trinajstić information content (AvgIpc) is 2.68. The zero-order valence-electron chi connectivity index (χ0n) is 17.2. The third-order valence-corrected chi connectivity index (χ3v) is 4.18. The van der Waals surface area contributed by atoms with Gasteiger partial charge < -0.3 is 20.1 Å². The van der Waals surface area contributed by atoms with Crippen LogP contribution in [-0.4, -0.2) is 37.2 Å². The fourth-order valence-electron chi connectivity index (χ4n) is 2.57. The van der Waals surface area contributed by atoms with E-state index in [1.54, 1.807) is 26.0 Å². The lowest BCUT2D eigenvalue weighted by Gasteiger charge is -2.27. The zero-order chi connectivity index (χ0) is 21.1. The number of anilines is 1. The second-order valence-corrected chi connectivity index (χ2v) is 6.84. The van der Waals surface area contributed by atoms with Crippen LogP contribution in [-0.2, 0) is 19.1 Å². The van der Waals surface area contributed by atoms with Crippen molar-refractivity contribution >= 4 is 17.5 Å². The van der Waals surface area contributed by atoms with Gasteiger partial charge in [-0.25, -0.2) is 0 Å². The molecule has 6 heteroatoms. The normalized spacial score (nSPS) is 14.0. The van der Waals surface area contributed by atoms with Crippen molar-refractivity contribution in [2.75, 3.05) is 18.5 Å². The fraction of sp³-hybridized carbons (Fsp3) is 0.455. The molecular formula is C22H32N2O4. The highest BCUT2D eigenvalue weighted by Crippen LogP contribution is 2.29. The summed E-state index contributed by atoms with van der Waals surface area (Å²) in [6.07, 6.45) is 1.97. The van der Waals surface area contributed by atoms with Crippen LogP contribution in [0.25, 0.3) is 0 Å². The van der Waals surface area contributed by atoms with E-state index in [4.69, 9.17) is 9.47 Å². The molecule has 2 N–H and O–H groups in total. The van der Waals surface area contributed by atoms with E-state index < -0.39 is 12.2 Å². The van der Waals surface area contributed by atoms with Crippen LogP contribution < -0.4 is 10.6 Å². The van der Waals surface area contributed by atoms with E-state index in [2.05, 4.69) is 23.8 Å². The number of amides is 2. The number of ether oxygens (including phenoxy) is 2. The van der Waals surface area contributed by atoms with Gasteiger partial charge >= 0.3 is 0 Å². The van der Waals surface area contributed by atoms with Crippen LogP contribution in [0.3, 0.4) is 0 Å². The summed E-state index contributed by atoms with van der Waals surface area (Å²) in [5.74, 6) is -0.377. The van der Waals surface area contributed by atoms with E-state index in [-0.39, 0.29) is 23.8 Å². The predicted octanol–water partition coefficient (Wildman–Crippen LogP) is 3.62. The quantitative estimate of drug-likeness (QED) is 0.536. The molecule has 0 aliphatic carbocycles. The first-order valence-corrected chi connectivity index (χ1v) is 9.46. The van der Waals surface area contributed by atoms with Crippen LogP contribution in [0, 0.1) is 5.92 Å². The summed E-state index contributed by atoms with van der Waals surface area (Å²) in [7, 11) is 0. The SMILES string of the molecule is C=CCO[C@@H](C)C(=O)N[C@H](c1ccccc1NC(=O)[C@@H](C)OCC=C)C(C)C. The number of nitrogens with one attached hydrogen (secondary N) is 2. The van der Waals surface area contributed by atoms with Crippen molar-refractivity contribution in [3.8, 4) is 0 Å². The molecular weight excluding hydrogens is 356 g/mol.